The molecule has 2 heterocycles. The second-order valence-electron chi connectivity index (χ2n) is 7.17. The molecule has 1 amide bonds. The zero-order valence-electron chi connectivity index (χ0n) is 15.7. The molecule has 0 bridgehead atoms. The zero-order chi connectivity index (χ0) is 19.1. The fourth-order valence-electron chi connectivity index (χ4n) is 3.54. The average molecular weight is 370 g/mol. The Labute approximate surface area is 157 Å². The van der Waals surface area contributed by atoms with E-state index in [1.165, 1.54) is 12.0 Å². The van der Waals surface area contributed by atoms with Crippen molar-refractivity contribution in [3.05, 3.63) is 29.7 Å². The van der Waals surface area contributed by atoms with Gasteiger partial charge in [-0.2, -0.15) is 0 Å². The monoisotopic (exact) mass is 370 g/mol. The molecule has 2 aromatic rings. The van der Waals surface area contributed by atoms with Gasteiger partial charge in [0, 0.05) is 5.56 Å². The van der Waals surface area contributed by atoms with E-state index in [2.05, 4.69) is 5.16 Å². The van der Waals surface area contributed by atoms with E-state index in [1.807, 2.05) is 26.0 Å². The van der Waals surface area contributed by atoms with Crippen molar-refractivity contribution in [1.82, 2.24) is 5.16 Å². The van der Waals surface area contributed by atoms with Gasteiger partial charge in [-0.1, -0.05) is 24.1 Å². The van der Waals surface area contributed by atoms with Gasteiger partial charge in [0.25, 0.3) is 5.91 Å². The topological polar surface area (TPSA) is 81.9 Å². The highest BCUT2D eigenvalue weighted by atomic mass is 16.5. The van der Waals surface area contributed by atoms with E-state index in [9.17, 15) is 9.59 Å². The van der Waals surface area contributed by atoms with E-state index in [-0.39, 0.29) is 12.5 Å². The Morgan fingerprint density at radius 1 is 1.33 bits per heavy atom. The molecule has 0 N–H and O–H groups in total. The van der Waals surface area contributed by atoms with Gasteiger partial charge in [-0.25, -0.2) is 0 Å². The van der Waals surface area contributed by atoms with E-state index in [4.69, 9.17) is 14.0 Å². The number of aromatic nitrogens is 1. The Morgan fingerprint density at radius 3 is 2.74 bits per heavy atom. The summed E-state index contributed by atoms with van der Waals surface area (Å²) in [6, 6.07) is 5.57. The maximum Gasteiger partial charge on any atom is 0.325 e. The Bertz CT molecular complexity index is 880. The fraction of sp³-hybridized carbons (Fsp3) is 0.450. The van der Waals surface area contributed by atoms with Crippen LogP contribution in [-0.2, 0) is 14.3 Å². The zero-order valence-corrected chi connectivity index (χ0v) is 15.7. The van der Waals surface area contributed by atoms with Gasteiger partial charge in [0.05, 0.1) is 18.5 Å². The highest BCUT2D eigenvalue weighted by molar-refractivity contribution is 6.03. The van der Waals surface area contributed by atoms with Crippen LogP contribution in [0.1, 0.15) is 30.7 Å². The lowest BCUT2D eigenvalue weighted by Crippen LogP contribution is -2.48. The van der Waals surface area contributed by atoms with E-state index in [1.54, 1.807) is 6.07 Å². The minimum atomic E-state index is -0.574. The largest absolute Gasteiger partial charge is 0.478 e. The van der Waals surface area contributed by atoms with Crippen LogP contribution in [0.25, 0.3) is 11.1 Å². The Morgan fingerprint density at radius 2 is 2.11 bits per heavy atom. The normalized spacial score (nSPS) is 18.9. The summed E-state index contributed by atoms with van der Waals surface area (Å²) in [5, 5.41) is 4.00. The standard InChI is InChI=1S/C20H22N2O5/c1-11-19(12(2)27-21-11)14-6-7-15-16(9-14)26-17(8-13-4-5-13)20(24)22(15)10-18(23)25-3/h6-7,9,13,17H,4-5,8,10H2,1-3H3/t17-/m1/s1. The summed E-state index contributed by atoms with van der Waals surface area (Å²) < 4.78 is 16.1. The second-order valence-corrected chi connectivity index (χ2v) is 7.17. The minimum absolute atomic E-state index is 0.127. The lowest BCUT2D eigenvalue weighted by atomic mass is 10.0. The quantitative estimate of drug-likeness (QED) is 0.753. The molecule has 2 aliphatic rings. The summed E-state index contributed by atoms with van der Waals surface area (Å²) in [5.41, 5.74) is 3.19. The Hall–Kier alpha value is -2.83. The van der Waals surface area contributed by atoms with Crippen molar-refractivity contribution in [2.24, 2.45) is 5.92 Å². The Balaban J connectivity index is 1.73. The van der Waals surface area contributed by atoms with Gasteiger partial charge in [0.15, 0.2) is 6.10 Å². The number of fused-ring (bicyclic) bond motifs is 1. The Kier molecular flexibility index (Phi) is 4.37. The molecule has 4 rings (SSSR count). The molecule has 7 heteroatoms. The molecule has 142 valence electrons. The maximum absolute atomic E-state index is 12.9. The third kappa shape index (κ3) is 3.29. The lowest BCUT2D eigenvalue weighted by Gasteiger charge is -2.34. The minimum Gasteiger partial charge on any atom is -0.478 e. The van der Waals surface area contributed by atoms with Crippen LogP contribution in [0.2, 0.25) is 0 Å². The van der Waals surface area contributed by atoms with Crippen LogP contribution in [0.3, 0.4) is 0 Å². The number of carbonyl (C=O) groups is 2. The number of hydrogen-bond acceptors (Lipinski definition) is 6. The summed E-state index contributed by atoms with van der Waals surface area (Å²) in [4.78, 5) is 26.2. The van der Waals surface area contributed by atoms with Crippen molar-refractivity contribution in [2.45, 2.75) is 39.2 Å². The molecule has 1 aliphatic carbocycles. The van der Waals surface area contributed by atoms with E-state index in [0.717, 1.165) is 35.4 Å². The summed E-state index contributed by atoms with van der Waals surface area (Å²) >= 11 is 0. The number of hydrogen-bond donors (Lipinski definition) is 0. The molecule has 1 saturated carbocycles. The second kappa shape index (κ2) is 6.72. The first-order chi connectivity index (χ1) is 13.0. The van der Waals surface area contributed by atoms with Gasteiger partial charge >= 0.3 is 5.97 Å². The molecule has 1 aromatic heterocycles. The third-order valence-electron chi connectivity index (χ3n) is 5.14. The molecule has 1 aromatic carbocycles. The molecule has 0 unspecified atom stereocenters. The first-order valence-electron chi connectivity index (χ1n) is 9.10. The summed E-state index contributed by atoms with van der Waals surface area (Å²) in [6.45, 7) is 3.62. The first-order valence-corrected chi connectivity index (χ1v) is 9.10. The molecule has 0 saturated heterocycles. The number of benzene rings is 1. The molecular formula is C20H22N2O5. The van der Waals surface area contributed by atoms with Crippen LogP contribution >= 0.6 is 0 Å². The van der Waals surface area contributed by atoms with Gasteiger partial charge in [0.1, 0.15) is 18.1 Å². The van der Waals surface area contributed by atoms with Gasteiger partial charge < -0.3 is 14.0 Å². The number of aryl methyl sites for hydroxylation is 2. The van der Waals surface area contributed by atoms with Crippen molar-refractivity contribution < 1.29 is 23.6 Å². The van der Waals surface area contributed by atoms with Gasteiger partial charge in [-0.15, -0.1) is 0 Å². The van der Waals surface area contributed by atoms with E-state index in [0.29, 0.717) is 23.8 Å². The SMILES string of the molecule is COC(=O)CN1C(=O)[C@@H](CC2CC2)Oc2cc(-c3c(C)noc3C)ccc21. The summed E-state index contributed by atoms with van der Waals surface area (Å²) in [7, 11) is 1.32. The molecule has 7 nitrogen and oxygen atoms in total. The highest BCUT2D eigenvalue weighted by Gasteiger charge is 2.39. The van der Waals surface area contributed by atoms with Crippen LogP contribution in [0, 0.1) is 19.8 Å². The van der Waals surface area contributed by atoms with Crippen LogP contribution in [0.4, 0.5) is 5.69 Å². The first kappa shape index (κ1) is 17.6. The van der Waals surface area contributed by atoms with Crippen molar-refractivity contribution >= 4 is 17.6 Å². The van der Waals surface area contributed by atoms with Crippen LogP contribution in [0.15, 0.2) is 22.7 Å². The molecule has 1 aliphatic heterocycles. The number of esters is 1. The predicted octanol–water partition coefficient (Wildman–Crippen LogP) is 3.03. The number of nitrogens with zero attached hydrogens (tertiary/aromatic N) is 2. The number of anilines is 1. The number of amides is 1. The molecule has 0 radical (unpaired) electrons. The molecule has 27 heavy (non-hydrogen) atoms. The average Bonchev–Trinajstić information content (AvgIpc) is 3.41. The fourth-order valence-corrected chi connectivity index (χ4v) is 3.54. The smallest absolute Gasteiger partial charge is 0.325 e. The van der Waals surface area contributed by atoms with Crippen molar-refractivity contribution in [2.75, 3.05) is 18.6 Å². The van der Waals surface area contributed by atoms with E-state index >= 15 is 0 Å². The lowest BCUT2D eigenvalue weighted by molar-refractivity contribution is -0.140. The molecule has 1 atom stereocenters. The molecule has 1 fully saturated rings. The molecular weight excluding hydrogens is 348 g/mol. The summed E-state index contributed by atoms with van der Waals surface area (Å²) in [6.07, 6.45) is 2.34. The van der Waals surface area contributed by atoms with Crippen molar-refractivity contribution in [3.8, 4) is 16.9 Å². The number of rotatable bonds is 5. The van der Waals surface area contributed by atoms with Crippen LogP contribution in [0.5, 0.6) is 5.75 Å². The van der Waals surface area contributed by atoms with Crippen LogP contribution < -0.4 is 9.64 Å². The third-order valence-corrected chi connectivity index (χ3v) is 5.14. The van der Waals surface area contributed by atoms with Crippen molar-refractivity contribution in [3.63, 3.8) is 0 Å². The summed E-state index contributed by atoms with van der Waals surface area (Å²) in [5.74, 6) is 1.18. The number of carbonyl (C=O) groups excluding carboxylic acids is 2. The maximum atomic E-state index is 12.9. The number of methoxy groups -OCH3 is 1. The van der Waals surface area contributed by atoms with Crippen molar-refractivity contribution in [1.29, 1.82) is 0 Å². The predicted molar refractivity (Wildman–Crippen MR) is 97.5 cm³/mol. The van der Waals surface area contributed by atoms with Gasteiger partial charge in [-0.05, 0) is 43.9 Å². The van der Waals surface area contributed by atoms with Gasteiger partial charge in [-0.3, -0.25) is 14.5 Å². The molecule has 0 spiro atoms. The van der Waals surface area contributed by atoms with Gasteiger partial charge in [0.2, 0.25) is 0 Å². The van der Waals surface area contributed by atoms with E-state index < -0.39 is 12.1 Å². The highest BCUT2D eigenvalue weighted by Crippen LogP contribution is 2.42. The number of ether oxygens (including phenoxy) is 2. The van der Waals surface area contributed by atoms with Crippen LogP contribution in [-0.4, -0.2) is 36.8 Å².